The molecule has 34 heavy (non-hydrogen) atoms. The molecule has 0 aliphatic carbocycles. The van der Waals surface area contributed by atoms with Gasteiger partial charge in [0.25, 0.3) is 0 Å². The first-order chi connectivity index (χ1) is 16.2. The number of sulfonamides is 1. The Hall–Kier alpha value is -3.69. The molecule has 4 rings (SSSR count). The lowest BCUT2D eigenvalue weighted by Crippen LogP contribution is -2.44. The third kappa shape index (κ3) is 5.27. The molecule has 1 heterocycles. The van der Waals surface area contributed by atoms with Gasteiger partial charge in [0.1, 0.15) is 24.2 Å². The molecule has 3 aromatic carbocycles. The number of carboxylic acid groups (broad SMARTS) is 1. The highest BCUT2D eigenvalue weighted by Gasteiger charge is 2.27. The summed E-state index contributed by atoms with van der Waals surface area (Å²) in [7, 11) is -3.96. The SMILES string of the molecule is CC(C)C(NS(=O)(=O)c1ccc(-c2ccc(OCc3nc4ccccc4[nH]3)cc2)cc1)C(=O)O. The molecule has 0 amide bonds. The molecule has 4 aromatic rings. The van der Waals surface area contributed by atoms with Crippen LogP contribution in [0.4, 0.5) is 0 Å². The molecule has 0 bridgehead atoms. The van der Waals surface area contributed by atoms with E-state index in [1.54, 1.807) is 26.0 Å². The standard InChI is InChI=1S/C25H25N3O5S/c1-16(2)24(25(29)30)28-34(31,32)20-13-9-18(10-14-20)17-7-11-19(12-8-17)33-15-23-26-21-5-3-4-6-22(21)27-23/h3-14,16,24,28H,15H2,1-2H3,(H,26,27)(H,29,30). The van der Waals surface area contributed by atoms with Crippen LogP contribution in [0.3, 0.4) is 0 Å². The predicted octanol–water partition coefficient (Wildman–Crippen LogP) is 4.20. The van der Waals surface area contributed by atoms with Crippen LogP contribution in [0.15, 0.2) is 77.7 Å². The van der Waals surface area contributed by atoms with Crippen molar-refractivity contribution in [1.82, 2.24) is 14.7 Å². The fourth-order valence-electron chi connectivity index (χ4n) is 3.50. The monoisotopic (exact) mass is 479 g/mol. The lowest BCUT2D eigenvalue weighted by Gasteiger charge is -2.18. The summed E-state index contributed by atoms with van der Waals surface area (Å²) in [4.78, 5) is 19.1. The highest BCUT2D eigenvalue weighted by Crippen LogP contribution is 2.25. The van der Waals surface area contributed by atoms with Crippen molar-refractivity contribution in [2.75, 3.05) is 0 Å². The molecule has 8 nitrogen and oxygen atoms in total. The van der Waals surface area contributed by atoms with Crippen molar-refractivity contribution >= 4 is 27.0 Å². The van der Waals surface area contributed by atoms with Crippen LogP contribution in [-0.4, -0.2) is 35.5 Å². The minimum Gasteiger partial charge on any atom is -0.486 e. The van der Waals surface area contributed by atoms with Gasteiger partial charge < -0.3 is 14.8 Å². The summed E-state index contributed by atoms with van der Waals surface area (Å²) >= 11 is 0. The van der Waals surface area contributed by atoms with Gasteiger partial charge in [-0.25, -0.2) is 13.4 Å². The maximum absolute atomic E-state index is 12.6. The van der Waals surface area contributed by atoms with Gasteiger partial charge in [-0.05, 0) is 53.4 Å². The molecule has 0 spiro atoms. The second-order valence-corrected chi connectivity index (χ2v) is 9.93. The average Bonchev–Trinajstić information content (AvgIpc) is 3.24. The lowest BCUT2D eigenvalue weighted by molar-refractivity contribution is -0.140. The molecule has 3 N–H and O–H groups in total. The van der Waals surface area contributed by atoms with Crippen molar-refractivity contribution < 1.29 is 23.1 Å². The smallest absolute Gasteiger partial charge is 0.322 e. The van der Waals surface area contributed by atoms with Gasteiger partial charge in [0.2, 0.25) is 10.0 Å². The van der Waals surface area contributed by atoms with Gasteiger partial charge in [-0.3, -0.25) is 4.79 Å². The van der Waals surface area contributed by atoms with Gasteiger partial charge in [-0.15, -0.1) is 0 Å². The number of nitrogens with one attached hydrogen (secondary N) is 2. The van der Waals surface area contributed by atoms with Gasteiger partial charge in [-0.1, -0.05) is 50.2 Å². The Morgan fingerprint density at radius 3 is 2.21 bits per heavy atom. The van der Waals surface area contributed by atoms with Gasteiger partial charge in [0.15, 0.2) is 0 Å². The number of H-pyrrole nitrogens is 1. The second kappa shape index (κ2) is 9.66. The molecule has 0 saturated carbocycles. The summed E-state index contributed by atoms with van der Waals surface area (Å²) < 4.78 is 33.3. The topological polar surface area (TPSA) is 121 Å². The molecule has 0 saturated heterocycles. The maximum Gasteiger partial charge on any atom is 0.322 e. The van der Waals surface area contributed by atoms with Crippen LogP contribution < -0.4 is 9.46 Å². The molecule has 0 fully saturated rings. The van der Waals surface area contributed by atoms with Crippen molar-refractivity contribution in [3.63, 3.8) is 0 Å². The van der Waals surface area contributed by atoms with Crippen LogP contribution in [0, 0.1) is 5.92 Å². The van der Waals surface area contributed by atoms with E-state index in [9.17, 15) is 18.3 Å². The molecular weight excluding hydrogens is 454 g/mol. The first-order valence-corrected chi connectivity index (χ1v) is 12.2. The molecule has 176 valence electrons. The van der Waals surface area contributed by atoms with Gasteiger partial charge in [0, 0.05) is 0 Å². The van der Waals surface area contributed by atoms with Crippen LogP contribution in [0.25, 0.3) is 22.2 Å². The number of rotatable bonds is 9. The summed E-state index contributed by atoms with van der Waals surface area (Å²) in [6.45, 7) is 3.60. The van der Waals surface area contributed by atoms with Crippen molar-refractivity contribution in [1.29, 1.82) is 0 Å². The summed E-state index contributed by atoms with van der Waals surface area (Å²) in [6, 6.07) is 20.3. The number of imidazole rings is 1. The quantitative estimate of drug-likeness (QED) is 0.331. The fourth-order valence-corrected chi connectivity index (χ4v) is 4.84. The van der Waals surface area contributed by atoms with E-state index in [0.717, 1.165) is 28.0 Å². The van der Waals surface area contributed by atoms with E-state index in [-0.39, 0.29) is 10.8 Å². The second-order valence-electron chi connectivity index (χ2n) is 8.22. The largest absolute Gasteiger partial charge is 0.486 e. The number of carboxylic acids is 1. The van der Waals surface area contributed by atoms with Crippen molar-refractivity contribution in [2.24, 2.45) is 5.92 Å². The minimum absolute atomic E-state index is 0.00828. The van der Waals surface area contributed by atoms with Crippen LogP contribution in [0.5, 0.6) is 5.75 Å². The number of aromatic nitrogens is 2. The number of aliphatic carboxylic acids is 1. The molecule has 0 radical (unpaired) electrons. The first kappa shape index (κ1) is 23.5. The van der Waals surface area contributed by atoms with Crippen LogP contribution in [0.1, 0.15) is 19.7 Å². The third-order valence-corrected chi connectivity index (χ3v) is 6.84. The molecular formula is C25H25N3O5S. The van der Waals surface area contributed by atoms with E-state index < -0.39 is 22.0 Å². The number of nitrogens with zero attached hydrogens (tertiary/aromatic N) is 1. The van der Waals surface area contributed by atoms with Crippen molar-refractivity contribution in [3.05, 3.63) is 78.6 Å². The Morgan fingerprint density at radius 2 is 1.62 bits per heavy atom. The van der Waals surface area contributed by atoms with E-state index in [1.807, 2.05) is 48.5 Å². The summed E-state index contributed by atoms with van der Waals surface area (Å²) in [5, 5.41) is 9.26. The lowest BCUT2D eigenvalue weighted by atomic mass is 10.1. The Bertz CT molecular complexity index is 1360. The molecule has 0 aliphatic rings. The van der Waals surface area contributed by atoms with Gasteiger partial charge in [0.05, 0.1) is 15.9 Å². The highest BCUT2D eigenvalue weighted by molar-refractivity contribution is 7.89. The number of ether oxygens (including phenoxy) is 1. The Kier molecular flexibility index (Phi) is 6.67. The number of aromatic amines is 1. The average molecular weight is 480 g/mol. The summed E-state index contributed by atoms with van der Waals surface area (Å²) in [5.74, 6) is -0.184. The van der Waals surface area contributed by atoms with Gasteiger partial charge >= 0.3 is 5.97 Å². The zero-order valence-electron chi connectivity index (χ0n) is 18.7. The maximum atomic E-state index is 12.6. The van der Waals surface area contributed by atoms with Crippen molar-refractivity contribution in [3.8, 4) is 16.9 Å². The molecule has 1 aromatic heterocycles. The normalized spacial score (nSPS) is 12.7. The Morgan fingerprint density at radius 1 is 1.00 bits per heavy atom. The Balaban J connectivity index is 1.42. The van der Waals surface area contributed by atoms with Crippen molar-refractivity contribution in [2.45, 2.75) is 31.4 Å². The van der Waals surface area contributed by atoms with E-state index in [2.05, 4.69) is 14.7 Å². The molecule has 1 atom stereocenters. The van der Waals surface area contributed by atoms with Gasteiger partial charge in [-0.2, -0.15) is 4.72 Å². The zero-order chi connectivity index (χ0) is 24.3. The first-order valence-electron chi connectivity index (χ1n) is 10.7. The van der Waals surface area contributed by atoms with Crippen LogP contribution in [-0.2, 0) is 21.4 Å². The van der Waals surface area contributed by atoms with Crippen LogP contribution in [0.2, 0.25) is 0 Å². The fraction of sp³-hybridized carbons (Fsp3) is 0.200. The number of benzene rings is 3. The van der Waals surface area contributed by atoms with E-state index in [4.69, 9.17) is 4.74 Å². The van der Waals surface area contributed by atoms with Crippen LogP contribution >= 0.6 is 0 Å². The molecule has 1 unspecified atom stereocenters. The number of hydrogen-bond acceptors (Lipinski definition) is 5. The summed E-state index contributed by atoms with van der Waals surface area (Å²) in [5.41, 5.74) is 3.56. The Labute approximate surface area is 197 Å². The third-order valence-electron chi connectivity index (χ3n) is 5.38. The molecule has 0 aliphatic heterocycles. The van der Waals surface area contributed by atoms with E-state index in [0.29, 0.717) is 12.4 Å². The summed E-state index contributed by atoms with van der Waals surface area (Å²) in [6.07, 6.45) is 0. The number of hydrogen-bond donors (Lipinski definition) is 3. The number of carbonyl (C=O) groups is 1. The number of para-hydroxylation sites is 2. The minimum atomic E-state index is -3.96. The number of fused-ring (bicyclic) bond motifs is 1. The zero-order valence-corrected chi connectivity index (χ0v) is 19.5. The molecule has 9 heteroatoms. The predicted molar refractivity (Wildman–Crippen MR) is 129 cm³/mol. The van der Waals surface area contributed by atoms with E-state index >= 15 is 0 Å². The highest BCUT2D eigenvalue weighted by atomic mass is 32.2. The van der Waals surface area contributed by atoms with E-state index in [1.165, 1.54) is 12.1 Å².